The van der Waals surface area contributed by atoms with Crippen LogP contribution in [0, 0.1) is 5.82 Å². The molecule has 0 atom stereocenters. The second kappa shape index (κ2) is 6.43. The molecule has 4 rings (SSSR count). The van der Waals surface area contributed by atoms with E-state index in [1.165, 1.54) is 12.1 Å². The van der Waals surface area contributed by atoms with Crippen molar-refractivity contribution in [1.82, 2.24) is 15.1 Å². The summed E-state index contributed by atoms with van der Waals surface area (Å²) in [5.74, 6) is 0.295. The summed E-state index contributed by atoms with van der Waals surface area (Å²) in [5.41, 5.74) is 2.02. The zero-order valence-electron chi connectivity index (χ0n) is 13.5. The van der Waals surface area contributed by atoms with Gasteiger partial charge in [-0.25, -0.2) is 4.39 Å². The number of nitrogens with zero attached hydrogens (tertiary/aromatic N) is 3. The second-order valence-corrected chi connectivity index (χ2v) is 5.90. The largest absolute Gasteiger partial charge is 0.463 e. The molecule has 1 aliphatic rings. The highest BCUT2D eigenvalue weighted by Gasteiger charge is 2.24. The van der Waals surface area contributed by atoms with Crippen molar-refractivity contribution < 1.29 is 13.6 Å². The number of amides is 1. The zero-order valence-corrected chi connectivity index (χ0v) is 13.5. The SMILES string of the molecule is O=C(c1cc(-c2ccco2)[nH]n1)N1CCN(c2ccc(F)cc2)CC1. The molecule has 0 bridgehead atoms. The molecule has 0 unspecified atom stereocenters. The fourth-order valence-corrected chi connectivity index (χ4v) is 2.97. The van der Waals surface area contributed by atoms with Crippen LogP contribution in [0.4, 0.5) is 10.1 Å². The van der Waals surface area contributed by atoms with Gasteiger partial charge in [-0.05, 0) is 36.4 Å². The molecule has 1 aromatic carbocycles. The van der Waals surface area contributed by atoms with Crippen LogP contribution in [0.15, 0.2) is 53.1 Å². The first-order valence-corrected chi connectivity index (χ1v) is 8.10. The third-order valence-electron chi connectivity index (χ3n) is 4.34. The van der Waals surface area contributed by atoms with Crippen LogP contribution in [0.2, 0.25) is 0 Å². The first kappa shape index (κ1) is 15.4. The Bertz CT molecular complexity index is 850. The van der Waals surface area contributed by atoms with Gasteiger partial charge in [-0.15, -0.1) is 0 Å². The molecule has 3 heterocycles. The highest BCUT2D eigenvalue weighted by atomic mass is 19.1. The number of carbonyl (C=O) groups is 1. The van der Waals surface area contributed by atoms with Gasteiger partial charge < -0.3 is 14.2 Å². The fourth-order valence-electron chi connectivity index (χ4n) is 2.97. The molecular weight excluding hydrogens is 323 g/mol. The van der Waals surface area contributed by atoms with Crippen LogP contribution >= 0.6 is 0 Å². The van der Waals surface area contributed by atoms with Gasteiger partial charge >= 0.3 is 0 Å². The Morgan fingerprint density at radius 3 is 2.56 bits per heavy atom. The minimum Gasteiger partial charge on any atom is -0.463 e. The summed E-state index contributed by atoms with van der Waals surface area (Å²) in [6.45, 7) is 2.60. The summed E-state index contributed by atoms with van der Waals surface area (Å²) >= 11 is 0. The van der Waals surface area contributed by atoms with E-state index in [2.05, 4.69) is 15.1 Å². The number of anilines is 1. The molecule has 1 fully saturated rings. The van der Waals surface area contributed by atoms with Gasteiger partial charge in [0.25, 0.3) is 5.91 Å². The lowest BCUT2D eigenvalue weighted by Crippen LogP contribution is -2.48. The molecule has 0 saturated carbocycles. The van der Waals surface area contributed by atoms with Gasteiger partial charge in [0.05, 0.1) is 6.26 Å². The number of hydrogen-bond acceptors (Lipinski definition) is 4. The van der Waals surface area contributed by atoms with Crippen LogP contribution in [0.5, 0.6) is 0 Å². The molecule has 0 spiro atoms. The lowest BCUT2D eigenvalue weighted by molar-refractivity contribution is 0.0741. The average Bonchev–Trinajstić information content (AvgIpc) is 3.33. The topological polar surface area (TPSA) is 65.4 Å². The van der Waals surface area contributed by atoms with Crippen molar-refractivity contribution >= 4 is 11.6 Å². The van der Waals surface area contributed by atoms with Gasteiger partial charge in [0, 0.05) is 37.9 Å². The van der Waals surface area contributed by atoms with E-state index in [0.717, 1.165) is 5.69 Å². The number of hydrogen-bond donors (Lipinski definition) is 1. The number of piperazine rings is 1. The molecule has 25 heavy (non-hydrogen) atoms. The van der Waals surface area contributed by atoms with Gasteiger partial charge in [-0.1, -0.05) is 0 Å². The molecule has 7 heteroatoms. The van der Waals surface area contributed by atoms with Crippen molar-refractivity contribution in [2.45, 2.75) is 0 Å². The summed E-state index contributed by atoms with van der Waals surface area (Å²) in [6, 6.07) is 11.7. The minimum atomic E-state index is -0.247. The smallest absolute Gasteiger partial charge is 0.274 e. The molecule has 0 radical (unpaired) electrons. The van der Waals surface area contributed by atoms with Gasteiger partial charge in [-0.2, -0.15) is 5.10 Å². The van der Waals surface area contributed by atoms with Crippen molar-refractivity contribution in [3.63, 3.8) is 0 Å². The number of nitrogens with one attached hydrogen (secondary N) is 1. The van der Waals surface area contributed by atoms with Crippen molar-refractivity contribution in [3.05, 3.63) is 60.2 Å². The van der Waals surface area contributed by atoms with Crippen LogP contribution < -0.4 is 4.90 Å². The standard InChI is InChI=1S/C18H17FN4O2/c19-13-3-5-14(6-4-13)22-7-9-23(10-8-22)18(24)16-12-15(20-21-16)17-2-1-11-25-17/h1-6,11-12H,7-10H2,(H,20,21). The summed E-state index contributed by atoms with van der Waals surface area (Å²) in [7, 11) is 0. The maximum absolute atomic E-state index is 13.0. The Kier molecular flexibility index (Phi) is 3.97. The molecule has 128 valence electrons. The van der Waals surface area contributed by atoms with Crippen LogP contribution in [0.25, 0.3) is 11.5 Å². The maximum Gasteiger partial charge on any atom is 0.274 e. The molecule has 1 N–H and O–H groups in total. The number of aromatic nitrogens is 2. The van der Waals surface area contributed by atoms with Crippen LogP contribution in [-0.4, -0.2) is 47.2 Å². The Labute approximate surface area is 143 Å². The predicted molar refractivity (Wildman–Crippen MR) is 90.8 cm³/mol. The molecular formula is C18H17FN4O2. The number of carbonyl (C=O) groups excluding carboxylic acids is 1. The quantitative estimate of drug-likeness (QED) is 0.796. The van der Waals surface area contributed by atoms with Crippen LogP contribution in [-0.2, 0) is 0 Å². The highest BCUT2D eigenvalue weighted by molar-refractivity contribution is 5.93. The summed E-state index contributed by atoms with van der Waals surface area (Å²) in [5, 5.41) is 6.93. The fraction of sp³-hybridized carbons (Fsp3) is 0.222. The van der Waals surface area contributed by atoms with Crippen molar-refractivity contribution in [3.8, 4) is 11.5 Å². The number of aromatic amines is 1. The summed E-state index contributed by atoms with van der Waals surface area (Å²) < 4.78 is 18.3. The average molecular weight is 340 g/mol. The Morgan fingerprint density at radius 2 is 1.88 bits per heavy atom. The van der Waals surface area contributed by atoms with Crippen LogP contribution in [0.1, 0.15) is 10.5 Å². The summed E-state index contributed by atoms with van der Waals surface area (Å²) in [6.07, 6.45) is 1.58. The van der Waals surface area contributed by atoms with E-state index in [1.807, 2.05) is 6.07 Å². The van der Waals surface area contributed by atoms with E-state index >= 15 is 0 Å². The van der Waals surface area contributed by atoms with Gasteiger partial charge in [0.1, 0.15) is 11.5 Å². The molecule has 2 aromatic heterocycles. The Balaban J connectivity index is 1.40. The first-order valence-electron chi connectivity index (χ1n) is 8.10. The molecule has 1 amide bonds. The molecule has 1 aliphatic heterocycles. The number of furan rings is 1. The van der Waals surface area contributed by atoms with Gasteiger partial charge in [0.15, 0.2) is 11.5 Å². The third-order valence-corrected chi connectivity index (χ3v) is 4.34. The number of benzene rings is 1. The molecule has 1 saturated heterocycles. The predicted octanol–water partition coefficient (Wildman–Crippen LogP) is 2.77. The number of halogens is 1. The van der Waals surface area contributed by atoms with Gasteiger partial charge in [-0.3, -0.25) is 9.89 Å². The maximum atomic E-state index is 13.0. The zero-order chi connectivity index (χ0) is 17.2. The monoisotopic (exact) mass is 340 g/mol. The van der Waals surface area contributed by atoms with E-state index in [9.17, 15) is 9.18 Å². The Morgan fingerprint density at radius 1 is 1.12 bits per heavy atom. The van der Waals surface area contributed by atoms with E-state index in [4.69, 9.17) is 4.42 Å². The van der Waals surface area contributed by atoms with Crippen LogP contribution in [0.3, 0.4) is 0 Å². The summed E-state index contributed by atoms with van der Waals surface area (Å²) in [4.78, 5) is 16.5. The Hall–Kier alpha value is -3.09. The molecule has 3 aromatic rings. The third kappa shape index (κ3) is 3.13. The van der Waals surface area contributed by atoms with E-state index < -0.39 is 0 Å². The highest BCUT2D eigenvalue weighted by Crippen LogP contribution is 2.20. The lowest BCUT2D eigenvalue weighted by atomic mass is 10.2. The molecule has 6 nitrogen and oxygen atoms in total. The van der Waals surface area contributed by atoms with Crippen molar-refractivity contribution in [1.29, 1.82) is 0 Å². The van der Waals surface area contributed by atoms with Crippen molar-refractivity contribution in [2.75, 3.05) is 31.1 Å². The van der Waals surface area contributed by atoms with Gasteiger partial charge in [0.2, 0.25) is 0 Å². The lowest BCUT2D eigenvalue weighted by Gasteiger charge is -2.35. The van der Waals surface area contributed by atoms with E-state index in [1.54, 1.807) is 35.4 Å². The number of H-pyrrole nitrogens is 1. The second-order valence-electron chi connectivity index (χ2n) is 5.90. The van der Waals surface area contributed by atoms with Crippen molar-refractivity contribution in [2.24, 2.45) is 0 Å². The normalized spacial score (nSPS) is 14.8. The number of rotatable bonds is 3. The first-order chi connectivity index (χ1) is 12.2. The van der Waals surface area contributed by atoms with E-state index in [-0.39, 0.29) is 11.7 Å². The van der Waals surface area contributed by atoms with E-state index in [0.29, 0.717) is 43.3 Å². The molecule has 0 aliphatic carbocycles. The minimum absolute atomic E-state index is 0.104.